The lowest BCUT2D eigenvalue weighted by Gasteiger charge is -2.33. The van der Waals surface area contributed by atoms with Gasteiger partial charge in [-0.3, -0.25) is 4.79 Å². The zero-order valence-electron chi connectivity index (χ0n) is 14.1. The lowest BCUT2D eigenvalue weighted by molar-refractivity contribution is -0.147. The standard InChI is InChI=1S/C18H20N2O4S2/c21-15(20-18(17(22)23)6-8-25-9-7-18)12-26-11-14-10-24-16(19-14)13-4-2-1-3-5-13/h1-5,10H,6-9,11-12H2,(H,20,21)(H,22,23). The van der Waals surface area contributed by atoms with Crippen LogP contribution in [0.25, 0.3) is 11.5 Å². The Hall–Kier alpha value is -1.93. The van der Waals surface area contributed by atoms with Crippen LogP contribution in [0, 0.1) is 0 Å². The number of amides is 1. The Morgan fingerprint density at radius 3 is 2.69 bits per heavy atom. The van der Waals surface area contributed by atoms with Crippen molar-refractivity contribution >= 4 is 35.4 Å². The molecule has 0 bridgehead atoms. The van der Waals surface area contributed by atoms with Crippen molar-refractivity contribution in [3.63, 3.8) is 0 Å². The van der Waals surface area contributed by atoms with Crippen molar-refractivity contribution in [2.24, 2.45) is 0 Å². The quantitative estimate of drug-likeness (QED) is 0.748. The number of rotatable bonds is 7. The summed E-state index contributed by atoms with van der Waals surface area (Å²) in [5.74, 6) is 1.57. The molecule has 1 aromatic heterocycles. The third-order valence-corrected chi connectivity index (χ3v) is 6.14. The molecule has 2 heterocycles. The predicted octanol–water partition coefficient (Wildman–Crippen LogP) is 3.04. The third-order valence-electron chi connectivity index (χ3n) is 4.19. The summed E-state index contributed by atoms with van der Waals surface area (Å²) >= 11 is 3.11. The van der Waals surface area contributed by atoms with E-state index in [2.05, 4.69) is 10.3 Å². The summed E-state index contributed by atoms with van der Waals surface area (Å²) in [6.45, 7) is 0. The molecule has 1 aromatic carbocycles. The molecule has 1 fully saturated rings. The van der Waals surface area contributed by atoms with Crippen LogP contribution in [0.4, 0.5) is 0 Å². The van der Waals surface area contributed by atoms with Crippen LogP contribution in [0.3, 0.4) is 0 Å². The highest BCUT2D eigenvalue weighted by atomic mass is 32.2. The first-order chi connectivity index (χ1) is 12.6. The molecule has 1 aliphatic heterocycles. The van der Waals surface area contributed by atoms with Crippen LogP contribution in [0.2, 0.25) is 0 Å². The van der Waals surface area contributed by atoms with E-state index in [-0.39, 0.29) is 11.7 Å². The average Bonchev–Trinajstić information content (AvgIpc) is 3.12. The van der Waals surface area contributed by atoms with Gasteiger partial charge in [-0.05, 0) is 36.5 Å². The number of benzene rings is 1. The maximum atomic E-state index is 12.2. The SMILES string of the molecule is O=C(CSCc1coc(-c2ccccc2)n1)NC1(C(=O)O)CCSCC1. The number of aromatic nitrogens is 1. The maximum absolute atomic E-state index is 12.2. The van der Waals surface area contributed by atoms with E-state index in [9.17, 15) is 14.7 Å². The third kappa shape index (κ3) is 4.62. The Morgan fingerprint density at radius 1 is 1.27 bits per heavy atom. The normalized spacial score (nSPS) is 16.2. The van der Waals surface area contributed by atoms with Gasteiger partial charge in [0.15, 0.2) is 0 Å². The Labute approximate surface area is 160 Å². The van der Waals surface area contributed by atoms with Crippen LogP contribution in [0.15, 0.2) is 41.0 Å². The lowest BCUT2D eigenvalue weighted by Crippen LogP contribution is -2.57. The van der Waals surface area contributed by atoms with Gasteiger partial charge in [0.25, 0.3) is 0 Å². The van der Waals surface area contributed by atoms with E-state index in [4.69, 9.17) is 4.42 Å². The number of carbonyl (C=O) groups is 2. The van der Waals surface area contributed by atoms with Crippen molar-refractivity contribution in [3.8, 4) is 11.5 Å². The largest absolute Gasteiger partial charge is 0.480 e. The van der Waals surface area contributed by atoms with Gasteiger partial charge in [-0.2, -0.15) is 11.8 Å². The van der Waals surface area contributed by atoms with Crippen molar-refractivity contribution in [1.29, 1.82) is 0 Å². The minimum atomic E-state index is -1.11. The monoisotopic (exact) mass is 392 g/mol. The van der Waals surface area contributed by atoms with Gasteiger partial charge in [0, 0.05) is 11.3 Å². The summed E-state index contributed by atoms with van der Waals surface area (Å²) in [6.07, 6.45) is 2.52. The van der Waals surface area contributed by atoms with Crippen molar-refractivity contribution < 1.29 is 19.1 Å². The first kappa shape index (κ1) is 18.8. The first-order valence-corrected chi connectivity index (χ1v) is 10.6. The van der Waals surface area contributed by atoms with E-state index in [0.717, 1.165) is 22.8 Å². The number of thioether (sulfide) groups is 2. The van der Waals surface area contributed by atoms with Gasteiger partial charge in [0.05, 0.1) is 11.4 Å². The molecule has 0 saturated carbocycles. The van der Waals surface area contributed by atoms with Gasteiger partial charge >= 0.3 is 5.97 Å². The van der Waals surface area contributed by atoms with Crippen LogP contribution < -0.4 is 5.32 Å². The number of carbonyl (C=O) groups excluding carboxylic acids is 1. The number of hydrogen-bond acceptors (Lipinski definition) is 6. The molecular formula is C18H20N2O4S2. The highest BCUT2D eigenvalue weighted by Gasteiger charge is 2.41. The lowest BCUT2D eigenvalue weighted by atomic mass is 9.92. The number of nitrogens with one attached hydrogen (secondary N) is 1. The molecule has 6 nitrogen and oxygen atoms in total. The molecule has 3 rings (SSSR count). The van der Waals surface area contributed by atoms with E-state index in [1.165, 1.54) is 11.8 Å². The minimum absolute atomic E-state index is 0.190. The second-order valence-electron chi connectivity index (χ2n) is 6.05. The molecule has 8 heteroatoms. The second-order valence-corrected chi connectivity index (χ2v) is 8.26. The Kier molecular flexibility index (Phi) is 6.26. The highest BCUT2D eigenvalue weighted by Crippen LogP contribution is 2.27. The van der Waals surface area contributed by atoms with E-state index in [1.54, 1.807) is 18.0 Å². The van der Waals surface area contributed by atoms with E-state index >= 15 is 0 Å². The van der Waals surface area contributed by atoms with Crippen molar-refractivity contribution in [1.82, 2.24) is 10.3 Å². The Balaban J connectivity index is 1.49. The molecule has 0 radical (unpaired) electrons. The van der Waals surface area contributed by atoms with Gasteiger partial charge in [0.2, 0.25) is 11.8 Å². The fraction of sp³-hybridized carbons (Fsp3) is 0.389. The zero-order chi connectivity index (χ0) is 18.4. The average molecular weight is 393 g/mol. The van der Waals surface area contributed by atoms with Gasteiger partial charge in [0.1, 0.15) is 11.8 Å². The first-order valence-electron chi connectivity index (χ1n) is 8.29. The van der Waals surface area contributed by atoms with Crippen LogP contribution in [0.1, 0.15) is 18.5 Å². The summed E-state index contributed by atoms with van der Waals surface area (Å²) in [5.41, 5.74) is 0.542. The smallest absolute Gasteiger partial charge is 0.329 e. The molecule has 26 heavy (non-hydrogen) atoms. The van der Waals surface area contributed by atoms with Crippen molar-refractivity contribution in [2.45, 2.75) is 24.1 Å². The van der Waals surface area contributed by atoms with E-state index < -0.39 is 11.5 Å². The summed E-state index contributed by atoms with van der Waals surface area (Å²) in [4.78, 5) is 28.2. The van der Waals surface area contributed by atoms with Crippen LogP contribution in [0.5, 0.6) is 0 Å². The molecule has 1 amide bonds. The zero-order valence-corrected chi connectivity index (χ0v) is 15.8. The second kappa shape index (κ2) is 8.64. The molecule has 0 atom stereocenters. The van der Waals surface area contributed by atoms with Gasteiger partial charge in [-0.15, -0.1) is 11.8 Å². The highest BCUT2D eigenvalue weighted by molar-refractivity contribution is 7.99. The molecule has 0 spiro atoms. The number of oxazole rings is 1. The molecule has 1 aliphatic rings. The van der Waals surface area contributed by atoms with Crippen LogP contribution in [-0.4, -0.2) is 44.8 Å². The summed E-state index contributed by atoms with van der Waals surface area (Å²) in [6, 6.07) is 9.60. The molecule has 1 saturated heterocycles. The molecular weight excluding hydrogens is 372 g/mol. The topological polar surface area (TPSA) is 92.4 Å². The fourth-order valence-corrected chi connectivity index (χ4v) is 4.64. The van der Waals surface area contributed by atoms with Gasteiger partial charge in [-0.25, -0.2) is 9.78 Å². The number of carboxylic acids is 1. The Bertz CT molecular complexity index is 758. The Morgan fingerprint density at radius 2 is 2.00 bits per heavy atom. The fourth-order valence-electron chi connectivity index (χ4n) is 2.75. The van der Waals surface area contributed by atoms with Crippen molar-refractivity contribution in [3.05, 3.63) is 42.3 Å². The molecule has 138 valence electrons. The molecule has 2 N–H and O–H groups in total. The summed E-state index contributed by atoms with van der Waals surface area (Å²) < 4.78 is 5.47. The predicted molar refractivity (Wildman–Crippen MR) is 103 cm³/mol. The number of carboxylic acid groups (broad SMARTS) is 1. The molecule has 0 aliphatic carbocycles. The number of aliphatic carboxylic acids is 1. The molecule has 0 unspecified atom stereocenters. The van der Waals surface area contributed by atoms with Crippen LogP contribution >= 0.6 is 23.5 Å². The van der Waals surface area contributed by atoms with Crippen LogP contribution in [-0.2, 0) is 15.3 Å². The maximum Gasteiger partial charge on any atom is 0.329 e. The van der Waals surface area contributed by atoms with E-state index in [1.807, 2.05) is 30.3 Å². The number of nitrogens with zero attached hydrogens (tertiary/aromatic N) is 1. The molecule has 2 aromatic rings. The summed E-state index contributed by atoms with van der Waals surface area (Å²) in [5, 5.41) is 12.2. The summed E-state index contributed by atoms with van der Waals surface area (Å²) in [7, 11) is 0. The van der Waals surface area contributed by atoms with E-state index in [0.29, 0.717) is 24.5 Å². The van der Waals surface area contributed by atoms with Gasteiger partial charge < -0.3 is 14.8 Å². The van der Waals surface area contributed by atoms with Crippen molar-refractivity contribution in [2.75, 3.05) is 17.3 Å². The number of hydrogen-bond donors (Lipinski definition) is 2. The minimum Gasteiger partial charge on any atom is -0.480 e. The van der Waals surface area contributed by atoms with Gasteiger partial charge in [-0.1, -0.05) is 18.2 Å².